The number of aryl methyl sites for hydroxylation is 1. The third-order valence-corrected chi connectivity index (χ3v) is 7.11. The van der Waals surface area contributed by atoms with E-state index >= 15 is 0 Å². The number of halogens is 2. The molecule has 3 aromatic carbocycles. The van der Waals surface area contributed by atoms with Crippen molar-refractivity contribution >= 4 is 40.7 Å². The van der Waals surface area contributed by atoms with Crippen LogP contribution in [0.2, 0.25) is 10.0 Å². The Labute approximate surface area is 226 Å². The maximum Gasteiger partial charge on any atom is 0.295 e. The van der Waals surface area contributed by atoms with Gasteiger partial charge in [-0.3, -0.25) is 9.59 Å². The maximum absolute atomic E-state index is 13.2. The van der Waals surface area contributed by atoms with Crippen molar-refractivity contribution in [3.63, 3.8) is 0 Å². The molecule has 4 rings (SSSR count). The van der Waals surface area contributed by atoms with Gasteiger partial charge in [0.05, 0.1) is 21.7 Å². The number of amides is 1. The lowest BCUT2D eigenvalue weighted by molar-refractivity contribution is -0.140. The number of hydrogen-bond acceptors (Lipinski definition) is 5. The molecule has 0 radical (unpaired) electrons. The van der Waals surface area contributed by atoms with Crippen molar-refractivity contribution in [2.75, 3.05) is 27.2 Å². The van der Waals surface area contributed by atoms with Crippen molar-refractivity contribution < 1.29 is 19.4 Å². The van der Waals surface area contributed by atoms with Gasteiger partial charge in [-0.25, -0.2) is 0 Å². The van der Waals surface area contributed by atoms with E-state index in [4.69, 9.17) is 27.9 Å². The Morgan fingerprint density at radius 1 is 1.00 bits per heavy atom. The summed E-state index contributed by atoms with van der Waals surface area (Å²) in [6.07, 6.45) is 0. The van der Waals surface area contributed by atoms with E-state index in [1.165, 1.54) is 4.90 Å². The second-order valence-electron chi connectivity index (χ2n) is 9.21. The van der Waals surface area contributed by atoms with E-state index < -0.39 is 17.7 Å². The highest BCUT2D eigenvalue weighted by atomic mass is 35.5. The molecule has 1 N–H and O–H groups in total. The Morgan fingerprint density at radius 3 is 2.35 bits per heavy atom. The Kier molecular flexibility index (Phi) is 8.22. The van der Waals surface area contributed by atoms with Gasteiger partial charge in [0.25, 0.3) is 11.7 Å². The SMILES string of the molecule is Cc1ccccc1COc1ccc(/C(O)=C2\C(=O)C(=O)N(CCN(C)C)C2c2ccc(Cl)c(Cl)c2)cc1. The van der Waals surface area contributed by atoms with E-state index in [-0.39, 0.29) is 11.3 Å². The van der Waals surface area contributed by atoms with Crippen LogP contribution in [0.3, 0.4) is 0 Å². The van der Waals surface area contributed by atoms with Crippen LogP contribution in [0.4, 0.5) is 0 Å². The van der Waals surface area contributed by atoms with Gasteiger partial charge in [-0.1, -0.05) is 53.5 Å². The molecular weight excluding hydrogens is 511 g/mol. The number of ether oxygens (including phenoxy) is 1. The van der Waals surface area contributed by atoms with Crippen LogP contribution in [0.1, 0.15) is 28.3 Å². The number of carbonyl (C=O) groups is 2. The first kappa shape index (κ1) is 26.7. The molecule has 3 aromatic rings. The Hall–Kier alpha value is -3.32. The van der Waals surface area contributed by atoms with Gasteiger partial charge in [0.1, 0.15) is 18.1 Å². The zero-order chi connectivity index (χ0) is 26.7. The minimum Gasteiger partial charge on any atom is -0.507 e. The average Bonchev–Trinajstić information content (AvgIpc) is 3.13. The standard InChI is InChI=1S/C29H28Cl2N2O4/c1-18-6-4-5-7-21(18)17-37-22-11-8-19(9-12-22)27(34)25-26(20-10-13-23(30)24(31)16-20)33(15-14-32(2)3)29(36)28(25)35/h4-13,16,26,34H,14-15,17H2,1-3H3/b27-25+. The molecule has 1 aliphatic rings. The predicted octanol–water partition coefficient (Wildman–Crippen LogP) is 5.86. The topological polar surface area (TPSA) is 70.1 Å². The van der Waals surface area contributed by atoms with Gasteiger partial charge in [-0.05, 0) is 74.1 Å². The molecule has 1 aliphatic heterocycles. The fourth-order valence-electron chi connectivity index (χ4n) is 4.25. The molecule has 1 unspecified atom stereocenters. The van der Waals surface area contributed by atoms with Crippen LogP contribution in [0.15, 0.2) is 72.3 Å². The number of aliphatic hydroxyl groups is 1. The summed E-state index contributed by atoms with van der Waals surface area (Å²) >= 11 is 12.4. The summed E-state index contributed by atoms with van der Waals surface area (Å²) in [6, 6.07) is 18.9. The van der Waals surface area contributed by atoms with Gasteiger partial charge in [0.15, 0.2) is 0 Å². The van der Waals surface area contributed by atoms with Crippen molar-refractivity contribution in [1.82, 2.24) is 9.80 Å². The number of nitrogens with zero attached hydrogens (tertiary/aromatic N) is 2. The third kappa shape index (κ3) is 5.82. The molecule has 1 atom stereocenters. The summed E-state index contributed by atoms with van der Waals surface area (Å²) in [4.78, 5) is 29.6. The van der Waals surface area contributed by atoms with Gasteiger partial charge in [0.2, 0.25) is 0 Å². The number of rotatable bonds is 8. The van der Waals surface area contributed by atoms with Crippen molar-refractivity contribution in [3.05, 3.63) is 105 Å². The molecule has 192 valence electrons. The first-order valence-corrected chi connectivity index (χ1v) is 12.6. The first-order valence-electron chi connectivity index (χ1n) is 11.8. The number of likely N-dealkylation sites (tertiary alicyclic amines) is 1. The summed E-state index contributed by atoms with van der Waals surface area (Å²) in [7, 11) is 3.76. The van der Waals surface area contributed by atoms with Crippen LogP contribution < -0.4 is 4.74 Å². The fourth-order valence-corrected chi connectivity index (χ4v) is 4.55. The van der Waals surface area contributed by atoms with E-state index in [0.29, 0.717) is 46.6 Å². The molecule has 8 heteroatoms. The number of likely N-dealkylation sites (N-methyl/N-ethyl adjacent to an activating group) is 1. The lowest BCUT2D eigenvalue weighted by Gasteiger charge is -2.26. The van der Waals surface area contributed by atoms with Crippen LogP contribution in [0.5, 0.6) is 5.75 Å². The Morgan fingerprint density at radius 2 is 1.70 bits per heavy atom. The highest BCUT2D eigenvalue weighted by Gasteiger charge is 2.46. The first-order chi connectivity index (χ1) is 17.7. The monoisotopic (exact) mass is 538 g/mol. The summed E-state index contributed by atoms with van der Waals surface area (Å²) in [5.74, 6) is -1.05. The van der Waals surface area contributed by atoms with E-state index in [0.717, 1.165) is 11.1 Å². The smallest absolute Gasteiger partial charge is 0.295 e. The van der Waals surface area contributed by atoms with E-state index in [9.17, 15) is 14.7 Å². The van der Waals surface area contributed by atoms with Crippen molar-refractivity contribution in [3.8, 4) is 5.75 Å². The maximum atomic E-state index is 13.2. The molecule has 0 spiro atoms. The minimum atomic E-state index is -0.799. The van der Waals surface area contributed by atoms with Crippen LogP contribution in [-0.2, 0) is 16.2 Å². The van der Waals surface area contributed by atoms with Gasteiger partial charge < -0.3 is 19.6 Å². The van der Waals surface area contributed by atoms with Crippen LogP contribution >= 0.6 is 23.2 Å². The molecule has 0 bridgehead atoms. The molecule has 1 saturated heterocycles. The number of hydrogen-bond donors (Lipinski definition) is 1. The number of benzene rings is 3. The zero-order valence-electron chi connectivity index (χ0n) is 20.9. The summed E-state index contributed by atoms with van der Waals surface area (Å²) in [5, 5.41) is 11.9. The van der Waals surface area contributed by atoms with Crippen LogP contribution in [0, 0.1) is 6.92 Å². The van der Waals surface area contributed by atoms with Crippen LogP contribution in [0.25, 0.3) is 5.76 Å². The number of Topliss-reactive ketones (excluding diaryl/α,β-unsaturated/α-hetero) is 1. The number of aliphatic hydroxyl groups excluding tert-OH is 1. The Bertz CT molecular complexity index is 1350. The summed E-state index contributed by atoms with van der Waals surface area (Å²) < 4.78 is 5.90. The van der Waals surface area contributed by atoms with E-state index in [1.807, 2.05) is 50.2 Å². The fraction of sp³-hybridized carbons (Fsp3) is 0.241. The molecule has 6 nitrogen and oxygen atoms in total. The molecule has 0 saturated carbocycles. The largest absolute Gasteiger partial charge is 0.507 e. The van der Waals surface area contributed by atoms with Crippen molar-refractivity contribution in [2.24, 2.45) is 0 Å². The van der Waals surface area contributed by atoms with Gasteiger partial charge in [0, 0.05) is 18.7 Å². The summed E-state index contributed by atoms with van der Waals surface area (Å²) in [6.45, 7) is 3.27. The molecule has 0 aromatic heterocycles. The lowest BCUT2D eigenvalue weighted by Crippen LogP contribution is -2.35. The van der Waals surface area contributed by atoms with Crippen LogP contribution in [-0.4, -0.2) is 53.8 Å². The molecule has 37 heavy (non-hydrogen) atoms. The van der Waals surface area contributed by atoms with Gasteiger partial charge >= 0.3 is 0 Å². The normalized spacial score (nSPS) is 17.0. The van der Waals surface area contributed by atoms with E-state index in [2.05, 4.69) is 0 Å². The second-order valence-corrected chi connectivity index (χ2v) is 10.0. The minimum absolute atomic E-state index is 0.00993. The molecular formula is C29H28Cl2N2O4. The average molecular weight is 539 g/mol. The van der Waals surface area contributed by atoms with Gasteiger partial charge in [-0.2, -0.15) is 0 Å². The molecule has 1 fully saturated rings. The lowest BCUT2D eigenvalue weighted by atomic mass is 9.95. The summed E-state index contributed by atoms with van der Waals surface area (Å²) in [5.41, 5.74) is 3.22. The van der Waals surface area contributed by atoms with Crippen molar-refractivity contribution in [1.29, 1.82) is 0 Å². The quantitative estimate of drug-likeness (QED) is 0.221. The van der Waals surface area contributed by atoms with Crippen molar-refractivity contribution in [2.45, 2.75) is 19.6 Å². The zero-order valence-corrected chi connectivity index (χ0v) is 22.4. The molecule has 1 amide bonds. The second kappa shape index (κ2) is 11.4. The number of carbonyl (C=O) groups excluding carboxylic acids is 2. The Balaban J connectivity index is 1.67. The highest BCUT2D eigenvalue weighted by Crippen LogP contribution is 2.41. The van der Waals surface area contributed by atoms with E-state index in [1.54, 1.807) is 42.5 Å². The predicted molar refractivity (Wildman–Crippen MR) is 146 cm³/mol. The van der Waals surface area contributed by atoms with Gasteiger partial charge in [-0.15, -0.1) is 0 Å². The molecule has 1 heterocycles. The number of ketones is 1. The third-order valence-electron chi connectivity index (χ3n) is 6.37. The highest BCUT2D eigenvalue weighted by molar-refractivity contribution is 6.46. The molecule has 0 aliphatic carbocycles.